The highest BCUT2D eigenvalue weighted by atomic mass is 32.2. The maximum Gasteiger partial charge on any atom is 0.338 e. The number of thioether (sulfide) groups is 1. The summed E-state index contributed by atoms with van der Waals surface area (Å²) >= 11 is 2.98. The van der Waals surface area contributed by atoms with Gasteiger partial charge in [-0.15, -0.1) is 11.3 Å². The number of aromatic nitrogens is 2. The molecule has 0 aliphatic carbocycles. The van der Waals surface area contributed by atoms with E-state index in [9.17, 15) is 9.59 Å². The Morgan fingerprint density at radius 3 is 2.53 bits per heavy atom. The van der Waals surface area contributed by atoms with Crippen LogP contribution in [0.25, 0.3) is 20.7 Å². The van der Waals surface area contributed by atoms with E-state index < -0.39 is 0 Å². The highest BCUT2D eigenvalue weighted by Gasteiger charge is 2.13. The van der Waals surface area contributed by atoms with Crippen molar-refractivity contribution in [3.8, 4) is 10.4 Å². The summed E-state index contributed by atoms with van der Waals surface area (Å²) in [6.07, 6.45) is 1.35. The molecule has 0 fully saturated rings. The molecule has 0 saturated heterocycles. The van der Waals surface area contributed by atoms with E-state index in [4.69, 9.17) is 4.74 Å². The summed E-state index contributed by atoms with van der Waals surface area (Å²) in [6.45, 7) is 3.60. The van der Waals surface area contributed by atoms with Gasteiger partial charge in [0.15, 0.2) is 0 Å². The Balaban J connectivity index is 1.40. The summed E-state index contributed by atoms with van der Waals surface area (Å²) in [7, 11) is 0. The summed E-state index contributed by atoms with van der Waals surface area (Å²) in [5.74, 6) is -0.329. The number of hydrogen-bond acceptors (Lipinski definition) is 7. The van der Waals surface area contributed by atoms with Gasteiger partial charge in [-0.3, -0.25) is 4.79 Å². The van der Waals surface area contributed by atoms with Crippen molar-refractivity contribution in [3.63, 3.8) is 0 Å². The number of rotatable bonds is 7. The first-order chi connectivity index (χ1) is 15.5. The number of thiophene rings is 1. The maximum atomic E-state index is 12.4. The molecule has 1 amide bonds. The smallest absolute Gasteiger partial charge is 0.338 e. The molecule has 0 atom stereocenters. The fraction of sp³-hybridized carbons (Fsp3) is 0.167. The van der Waals surface area contributed by atoms with Crippen molar-refractivity contribution in [2.24, 2.45) is 0 Å². The van der Waals surface area contributed by atoms with Gasteiger partial charge in [-0.25, -0.2) is 14.8 Å². The standard InChI is InChI=1S/C24H21N3O3S2/c1-15(2)30-24(29)17-8-10-18(11-9-17)27-21(28)13-31-22-19-12-20(16-6-4-3-5-7-16)32-23(19)26-14-25-22/h3-12,14-15H,13H2,1-2H3,(H,27,28). The Bertz CT molecular complexity index is 1240. The highest BCUT2D eigenvalue weighted by Crippen LogP contribution is 2.36. The van der Waals surface area contributed by atoms with Crippen molar-refractivity contribution < 1.29 is 14.3 Å². The minimum absolute atomic E-state index is 0.155. The second-order valence-electron chi connectivity index (χ2n) is 7.24. The molecule has 32 heavy (non-hydrogen) atoms. The normalized spacial score (nSPS) is 11.0. The van der Waals surface area contributed by atoms with E-state index in [1.54, 1.807) is 49.4 Å². The van der Waals surface area contributed by atoms with E-state index in [0.717, 1.165) is 25.7 Å². The van der Waals surface area contributed by atoms with Crippen molar-refractivity contribution in [2.45, 2.75) is 25.0 Å². The zero-order chi connectivity index (χ0) is 22.5. The average molecular weight is 464 g/mol. The molecular formula is C24H21N3O3S2. The Morgan fingerprint density at radius 1 is 1.06 bits per heavy atom. The van der Waals surface area contributed by atoms with Crippen LogP contribution in [-0.2, 0) is 9.53 Å². The van der Waals surface area contributed by atoms with E-state index in [0.29, 0.717) is 11.3 Å². The lowest BCUT2D eigenvalue weighted by molar-refractivity contribution is -0.113. The molecule has 4 rings (SSSR count). The van der Waals surface area contributed by atoms with E-state index in [-0.39, 0.29) is 23.7 Å². The summed E-state index contributed by atoms with van der Waals surface area (Å²) in [5, 5.41) is 4.57. The van der Waals surface area contributed by atoms with Crippen molar-refractivity contribution in [1.29, 1.82) is 0 Å². The highest BCUT2D eigenvalue weighted by molar-refractivity contribution is 8.00. The zero-order valence-electron chi connectivity index (χ0n) is 17.6. The molecule has 162 valence electrons. The Kier molecular flexibility index (Phi) is 6.82. The van der Waals surface area contributed by atoms with Crippen molar-refractivity contribution >= 4 is 50.9 Å². The minimum atomic E-state index is -0.383. The van der Waals surface area contributed by atoms with Crippen molar-refractivity contribution in [2.75, 3.05) is 11.1 Å². The van der Waals surface area contributed by atoms with Crippen LogP contribution in [0, 0.1) is 0 Å². The van der Waals surface area contributed by atoms with Gasteiger partial charge in [0.25, 0.3) is 0 Å². The van der Waals surface area contributed by atoms with E-state index >= 15 is 0 Å². The fourth-order valence-electron chi connectivity index (χ4n) is 3.00. The van der Waals surface area contributed by atoms with Gasteiger partial charge in [0.1, 0.15) is 16.2 Å². The van der Waals surface area contributed by atoms with Crippen molar-refractivity contribution in [1.82, 2.24) is 9.97 Å². The molecule has 8 heteroatoms. The Morgan fingerprint density at radius 2 is 1.81 bits per heavy atom. The van der Waals surface area contributed by atoms with Gasteiger partial charge >= 0.3 is 5.97 Å². The molecule has 2 heterocycles. The lowest BCUT2D eigenvalue weighted by atomic mass is 10.2. The number of hydrogen-bond donors (Lipinski definition) is 1. The zero-order valence-corrected chi connectivity index (χ0v) is 19.2. The molecule has 0 unspecified atom stereocenters. The molecule has 4 aromatic rings. The number of benzene rings is 2. The van der Waals surface area contributed by atoms with E-state index in [2.05, 4.69) is 33.5 Å². The Labute approximate surface area is 194 Å². The van der Waals surface area contributed by atoms with Crippen LogP contribution >= 0.6 is 23.1 Å². The van der Waals surface area contributed by atoms with Crippen LogP contribution < -0.4 is 5.32 Å². The number of carbonyl (C=O) groups excluding carboxylic acids is 2. The molecule has 0 bridgehead atoms. The molecule has 0 aliphatic heterocycles. The number of carbonyl (C=O) groups is 2. The third-order valence-corrected chi connectivity index (χ3v) is 6.54. The van der Waals surface area contributed by atoms with Crippen LogP contribution in [0.4, 0.5) is 5.69 Å². The largest absolute Gasteiger partial charge is 0.459 e. The Hall–Kier alpha value is -3.23. The topological polar surface area (TPSA) is 81.2 Å². The first-order valence-electron chi connectivity index (χ1n) is 10.0. The van der Waals surface area contributed by atoms with Gasteiger partial charge in [0.05, 0.1) is 17.4 Å². The number of amides is 1. The molecule has 0 aliphatic rings. The molecule has 2 aromatic carbocycles. The predicted octanol–water partition coefficient (Wildman–Crippen LogP) is 5.65. The second kappa shape index (κ2) is 9.93. The van der Waals surface area contributed by atoms with Gasteiger partial charge in [0.2, 0.25) is 5.91 Å². The third kappa shape index (κ3) is 5.33. The van der Waals surface area contributed by atoms with Crippen LogP contribution in [0.5, 0.6) is 0 Å². The van der Waals surface area contributed by atoms with Gasteiger partial charge in [0, 0.05) is 16.0 Å². The number of esters is 1. The van der Waals surface area contributed by atoms with Gasteiger partial charge in [-0.1, -0.05) is 42.1 Å². The number of ether oxygens (including phenoxy) is 1. The second-order valence-corrected chi connectivity index (χ2v) is 9.24. The summed E-state index contributed by atoms with van der Waals surface area (Å²) in [5.41, 5.74) is 2.19. The molecule has 0 saturated carbocycles. The molecular weight excluding hydrogens is 442 g/mol. The molecule has 0 spiro atoms. The fourth-order valence-corrected chi connectivity index (χ4v) is 4.84. The van der Waals surface area contributed by atoms with Gasteiger partial charge in [-0.05, 0) is 49.7 Å². The van der Waals surface area contributed by atoms with E-state index in [1.165, 1.54) is 18.1 Å². The van der Waals surface area contributed by atoms with Crippen molar-refractivity contribution in [3.05, 3.63) is 72.6 Å². The lowest BCUT2D eigenvalue weighted by Gasteiger charge is -2.09. The van der Waals surface area contributed by atoms with Crippen LogP contribution in [0.1, 0.15) is 24.2 Å². The predicted molar refractivity (Wildman–Crippen MR) is 129 cm³/mol. The average Bonchev–Trinajstić information content (AvgIpc) is 3.23. The molecule has 6 nitrogen and oxygen atoms in total. The quantitative estimate of drug-likeness (QED) is 0.217. The maximum absolute atomic E-state index is 12.4. The van der Waals surface area contributed by atoms with Crippen LogP contribution in [-0.4, -0.2) is 33.7 Å². The number of nitrogens with zero attached hydrogens (tertiary/aromatic N) is 2. The number of nitrogens with one attached hydrogen (secondary N) is 1. The number of fused-ring (bicyclic) bond motifs is 1. The molecule has 0 radical (unpaired) electrons. The first kappa shape index (κ1) is 22.0. The summed E-state index contributed by atoms with van der Waals surface area (Å²) in [6, 6.07) is 18.8. The SMILES string of the molecule is CC(C)OC(=O)c1ccc(NC(=O)CSc2ncnc3sc(-c4ccccc4)cc23)cc1. The summed E-state index contributed by atoms with van der Waals surface area (Å²) in [4.78, 5) is 35.1. The number of anilines is 1. The first-order valence-corrected chi connectivity index (χ1v) is 11.8. The third-order valence-electron chi connectivity index (χ3n) is 4.44. The van der Waals surface area contributed by atoms with Crippen LogP contribution in [0.3, 0.4) is 0 Å². The van der Waals surface area contributed by atoms with Crippen LogP contribution in [0.15, 0.2) is 72.0 Å². The lowest BCUT2D eigenvalue weighted by Crippen LogP contribution is -2.15. The minimum Gasteiger partial charge on any atom is -0.459 e. The monoisotopic (exact) mass is 463 g/mol. The van der Waals surface area contributed by atoms with Gasteiger partial charge < -0.3 is 10.1 Å². The van der Waals surface area contributed by atoms with Gasteiger partial charge in [-0.2, -0.15) is 0 Å². The molecule has 1 N–H and O–H groups in total. The van der Waals surface area contributed by atoms with E-state index in [1.807, 2.05) is 18.2 Å². The summed E-state index contributed by atoms with van der Waals surface area (Å²) < 4.78 is 5.17. The van der Waals surface area contributed by atoms with Crippen LogP contribution in [0.2, 0.25) is 0 Å². The molecule has 2 aromatic heterocycles.